The molecule has 0 spiro atoms. The average molecular weight is 266 g/mol. The van der Waals surface area contributed by atoms with Gasteiger partial charge in [0.2, 0.25) is 0 Å². The summed E-state index contributed by atoms with van der Waals surface area (Å²) in [6.07, 6.45) is 1.90. The number of aryl methyl sites for hydroxylation is 1. The third-order valence-corrected chi connectivity index (χ3v) is 2.49. The van der Waals surface area contributed by atoms with Gasteiger partial charge in [0.05, 0.1) is 18.3 Å². The predicted molar refractivity (Wildman–Crippen MR) is 74.8 cm³/mol. The van der Waals surface area contributed by atoms with Gasteiger partial charge in [0.15, 0.2) is 0 Å². The lowest BCUT2D eigenvalue weighted by Gasteiger charge is -2.10. The Morgan fingerprint density at radius 1 is 1.47 bits per heavy atom. The van der Waals surface area contributed by atoms with Crippen LogP contribution in [-0.2, 0) is 11.2 Å². The third kappa shape index (κ3) is 5.70. The molecule has 0 fully saturated rings. The Labute approximate surface area is 114 Å². The summed E-state index contributed by atoms with van der Waals surface area (Å²) in [5, 5.41) is 12.2. The van der Waals surface area contributed by atoms with Crippen LogP contribution in [0.2, 0.25) is 0 Å². The van der Waals surface area contributed by atoms with Crippen molar-refractivity contribution in [3.63, 3.8) is 0 Å². The van der Waals surface area contributed by atoms with E-state index in [0.29, 0.717) is 19.0 Å². The highest BCUT2D eigenvalue weighted by atomic mass is 16.5. The van der Waals surface area contributed by atoms with E-state index in [4.69, 9.17) is 9.84 Å². The molecule has 1 heterocycles. The van der Waals surface area contributed by atoms with Crippen molar-refractivity contribution in [1.29, 1.82) is 0 Å². The second-order valence-electron chi connectivity index (χ2n) is 4.63. The van der Waals surface area contributed by atoms with Gasteiger partial charge in [0.25, 0.3) is 0 Å². The van der Waals surface area contributed by atoms with Crippen molar-refractivity contribution in [2.75, 3.05) is 18.5 Å². The summed E-state index contributed by atoms with van der Waals surface area (Å²) < 4.78 is 5.41. The first-order valence-corrected chi connectivity index (χ1v) is 6.62. The van der Waals surface area contributed by atoms with Crippen LogP contribution in [0.1, 0.15) is 43.2 Å². The van der Waals surface area contributed by atoms with Gasteiger partial charge in [0.1, 0.15) is 5.82 Å². The molecule has 106 valence electrons. The lowest BCUT2D eigenvalue weighted by atomic mass is 10.1. The molecule has 5 nitrogen and oxygen atoms in total. The van der Waals surface area contributed by atoms with Crippen LogP contribution in [0, 0.1) is 0 Å². The largest absolute Gasteiger partial charge is 0.478 e. The Balaban J connectivity index is 2.67. The number of anilines is 1. The SMILES string of the molecule is CCCc1cc(C(=O)O)cc(NCCOC(C)C)n1. The van der Waals surface area contributed by atoms with Crippen molar-refractivity contribution in [1.82, 2.24) is 4.98 Å². The number of hydrogen-bond donors (Lipinski definition) is 2. The Hall–Kier alpha value is -1.62. The molecule has 5 heteroatoms. The number of carboxylic acid groups (broad SMARTS) is 1. The number of carboxylic acids is 1. The van der Waals surface area contributed by atoms with E-state index in [1.807, 2.05) is 20.8 Å². The van der Waals surface area contributed by atoms with E-state index in [9.17, 15) is 4.79 Å². The number of ether oxygens (including phenoxy) is 1. The van der Waals surface area contributed by atoms with Gasteiger partial charge in [-0.1, -0.05) is 13.3 Å². The van der Waals surface area contributed by atoms with Crippen LogP contribution in [-0.4, -0.2) is 35.3 Å². The predicted octanol–water partition coefficient (Wildman–Crippen LogP) is 2.57. The zero-order valence-electron chi connectivity index (χ0n) is 11.8. The molecule has 0 amide bonds. The minimum atomic E-state index is -0.929. The van der Waals surface area contributed by atoms with Gasteiger partial charge in [-0.05, 0) is 32.4 Å². The summed E-state index contributed by atoms with van der Waals surface area (Å²) in [7, 11) is 0. The standard InChI is InChI=1S/C14H22N2O3/c1-4-5-12-8-11(14(17)18)9-13(16-12)15-6-7-19-10(2)3/h8-10H,4-7H2,1-3H3,(H,15,16)(H,17,18). The second-order valence-corrected chi connectivity index (χ2v) is 4.63. The zero-order chi connectivity index (χ0) is 14.3. The first-order valence-electron chi connectivity index (χ1n) is 6.62. The number of hydrogen-bond acceptors (Lipinski definition) is 4. The molecule has 1 aromatic heterocycles. The molecule has 0 saturated heterocycles. The molecule has 2 N–H and O–H groups in total. The molecule has 19 heavy (non-hydrogen) atoms. The Morgan fingerprint density at radius 2 is 2.21 bits per heavy atom. The maximum atomic E-state index is 11.0. The quantitative estimate of drug-likeness (QED) is 0.708. The fraction of sp³-hybridized carbons (Fsp3) is 0.571. The number of rotatable bonds is 8. The minimum absolute atomic E-state index is 0.191. The summed E-state index contributed by atoms with van der Waals surface area (Å²) >= 11 is 0. The van der Waals surface area contributed by atoms with Gasteiger partial charge in [-0.15, -0.1) is 0 Å². The van der Waals surface area contributed by atoms with Gasteiger partial charge in [-0.2, -0.15) is 0 Å². The highest BCUT2D eigenvalue weighted by molar-refractivity contribution is 5.88. The van der Waals surface area contributed by atoms with Gasteiger partial charge < -0.3 is 15.2 Å². The number of nitrogens with zero attached hydrogens (tertiary/aromatic N) is 1. The molecule has 0 saturated carbocycles. The summed E-state index contributed by atoms with van der Waals surface area (Å²) in [5.41, 5.74) is 1.07. The van der Waals surface area contributed by atoms with Crippen LogP contribution < -0.4 is 5.32 Å². The van der Waals surface area contributed by atoms with E-state index in [-0.39, 0.29) is 11.7 Å². The topological polar surface area (TPSA) is 71.5 Å². The number of nitrogens with one attached hydrogen (secondary N) is 1. The maximum Gasteiger partial charge on any atom is 0.335 e. The molecule has 1 rings (SSSR count). The molecule has 0 atom stereocenters. The van der Waals surface area contributed by atoms with Crippen molar-refractivity contribution in [2.24, 2.45) is 0 Å². The molecule has 1 aromatic rings. The van der Waals surface area contributed by atoms with Crippen LogP contribution >= 0.6 is 0 Å². The van der Waals surface area contributed by atoms with Crippen molar-refractivity contribution < 1.29 is 14.6 Å². The summed E-state index contributed by atoms with van der Waals surface area (Å²) in [5.74, 6) is -0.336. The van der Waals surface area contributed by atoms with Gasteiger partial charge in [-0.25, -0.2) is 9.78 Å². The van der Waals surface area contributed by atoms with Gasteiger partial charge >= 0.3 is 5.97 Å². The molecule has 0 aliphatic heterocycles. The molecule has 0 aliphatic carbocycles. The lowest BCUT2D eigenvalue weighted by Crippen LogP contribution is -2.14. The smallest absolute Gasteiger partial charge is 0.335 e. The number of carbonyl (C=O) groups is 1. The maximum absolute atomic E-state index is 11.0. The molecule has 0 aromatic carbocycles. The van der Waals surface area contributed by atoms with Gasteiger partial charge in [-0.3, -0.25) is 0 Å². The lowest BCUT2D eigenvalue weighted by molar-refractivity contribution is 0.0696. The van der Waals surface area contributed by atoms with Crippen molar-refractivity contribution in [3.8, 4) is 0 Å². The van der Waals surface area contributed by atoms with E-state index >= 15 is 0 Å². The molecule has 0 bridgehead atoms. The third-order valence-electron chi connectivity index (χ3n) is 2.49. The Bertz CT molecular complexity index is 419. The van der Waals surface area contributed by atoms with Crippen LogP contribution in [0.15, 0.2) is 12.1 Å². The Morgan fingerprint density at radius 3 is 2.79 bits per heavy atom. The first kappa shape index (κ1) is 15.4. The first-order chi connectivity index (χ1) is 9.02. The summed E-state index contributed by atoms with van der Waals surface area (Å²) in [4.78, 5) is 15.4. The molecular formula is C14H22N2O3. The normalized spacial score (nSPS) is 10.7. The Kier molecular flexibility index (Phi) is 6.29. The van der Waals surface area contributed by atoms with Crippen LogP contribution in [0.25, 0.3) is 0 Å². The van der Waals surface area contributed by atoms with Crippen LogP contribution in [0.3, 0.4) is 0 Å². The highest BCUT2D eigenvalue weighted by Crippen LogP contribution is 2.12. The fourth-order valence-corrected chi connectivity index (χ4v) is 1.66. The minimum Gasteiger partial charge on any atom is -0.478 e. The average Bonchev–Trinajstić information content (AvgIpc) is 2.34. The van der Waals surface area contributed by atoms with Crippen molar-refractivity contribution in [2.45, 2.75) is 39.7 Å². The van der Waals surface area contributed by atoms with Crippen LogP contribution in [0.4, 0.5) is 5.82 Å². The molecular weight excluding hydrogens is 244 g/mol. The summed E-state index contributed by atoms with van der Waals surface area (Å²) in [6.45, 7) is 7.17. The monoisotopic (exact) mass is 266 g/mol. The van der Waals surface area contributed by atoms with E-state index in [1.165, 1.54) is 0 Å². The zero-order valence-corrected chi connectivity index (χ0v) is 11.8. The van der Waals surface area contributed by atoms with Crippen LogP contribution in [0.5, 0.6) is 0 Å². The van der Waals surface area contributed by atoms with E-state index < -0.39 is 5.97 Å². The number of aromatic carboxylic acids is 1. The van der Waals surface area contributed by atoms with E-state index in [2.05, 4.69) is 10.3 Å². The molecule has 0 unspecified atom stereocenters. The highest BCUT2D eigenvalue weighted by Gasteiger charge is 2.08. The molecule has 0 aliphatic rings. The van der Waals surface area contributed by atoms with Crippen molar-refractivity contribution in [3.05, 3.63) is 23.4 Å². The van der Waals surface area contributed by atoms with Crippen molar-refractivity contribution >= 4 is 11.8 Å². The van der Waals surface area contributed by atoms with E-state index in [0.717, 1.165) is 18.5 Å². The fourth-order valence-electron chi connectivity index (χ4n) is 1.66. The second kappa shape index (κ2) is 7.74. The molecule has 0 radical (unpaired) electrons. The summed E-state index contributed by atoms with van der Waals surface area (Å²) in [6, 6.07) is 3.18. The van der Waals surface area contributed by atoms with Gasteiger partial charge in [0, 0.05) is 12.2 Å². The number of pyridine rings is 1. The van der Waals surface area contributed by atoms with E-state index in [1.54, 1.807) is 12.1 Å². The number of aromatic nitrogens is 1.